The van der Waals surface area contributed by atoms with Crippen LogP contribution in [0.15, 0.2) is 16.3 Å². The largest absolute Gasteiger partial charge is 0.480 e. The predicted molar refractivity (Wildman–Crippen MR) is 45.4 cm³/mol. The first-order chi connectivity index (χ1) is 5.16. The molecule has 62 valence electrons. The molecule has 0 radical (unpaired) electrons. The van der Waals surface area contributed by atoms with E-state index in [2.05, 4.69) is 11.9 Å². The molecule has 1 heterocycles. The summed E-state index contributed by atoms with van der Waals surface area (Å²) in [6, 6.07) is 0. The molecule has 0 saturated carbocycles. The third-order valence-corrected chi connectivity index (χ3v) is 2.10. The molecule has 0 unspecified atom stereocenters. The van der Waals surface area contributed by atoms with Gasteiger partial charge in [-0.3, -0.25) is 0 Å². The Labute approximate surface area is 66.9 Å². The SMILES string of the molecule is COC1=NC[C@H](C)C(C)=C1N. The lowest BCUT2D eigenvalue weighted by molar-refractivity contribution is 0.394. The van der Waals surface area contributed by atoms with E-state index in [1.165, 1.54) is 5.57 Å². The van der Waals surface area contributed by atoms with Gasteiger partial charge in [0.1, 0.15) is 0 Å². The fourth-order valence-electron chi connectivity index (χ4n) is 1.05. The van der Waals surface area contributed by atoms with Crippen LogP contribution in [0.3, 0.4) is 0 Å². The van der Waals surface area contributed by atoms with Crippen molar-refractivity contribution in [3.05, 3.63) is 11.3 Å². The van der Waals surface area contributed by atoms with Crippen molar-refractivity contribution in [3.63, 3.8) is 0 Å². The van der Waals surface area contributed by atoms with E-state index in [-0.39, 0.29) is 0 Å². The second-order valence-electron chi connectivity index (χ2n) is 2.85. The highest BCUT2D eigenvalue weighted by Gasteiger charge is 2.17. The van der Waals surface area contributed by atoms with Crippen molar-refractivity contribution in [3.8, 4) is 0 Å². The Morgan fingerprint density at radius 3 is 2.82 bits per heavy atom. The van der Waals surface area contributed by atoms with E-state index in [4.69, 9.17) is 10.5 Å². The van der Waals surface area contributed by atoms with E-state index >= 15 is 0 Å². The van der Waals surface area contributed by atoms with Gasteiger partial charge < -0.3 is 10.5 Å². The van der Waals surface area contributed by atoms with E-state index in [0.29, 0.717) is 17.5 Å². The van der Waals surface area contributed by atoms with Crippen molar-refractivity contribution in [2.75, 3.05) is 13.7 Å². The number of dihydropyridines is 1. The second kappa shape index (κ2) is 2.95. The predicted octanol–water partition coefficient (Wildman–Crippen LogP) is 0.914. The van der Waals surface area contributed by atoms with Gasteiger partial charge in [-0.05, 0) is 18.4 Å². The molecule has 3 nitrogen and oxygen atoms in total. The van der Waals surface area contributed by atoms with Gasteiger partial charge in [-0.25, -0.2) is 4.99 Å². The number of hydrogen-bond donors (Lipinski definition) is 1. The first-order valence-corrected chi connectivity index (χ1v) is 3.72. The Hall–Kier alpha value is -0.990. The topological polar surface area (TPSA) is 47.6 Å². The molecule has 0 saturated heterocycles. The quantitative estimate of drug-likeness (QED) is 0.564. The van der Waals surface area contributed by atoms with Gasteiger partial charge in [0.25, 0.3) is 0 Å². The molecule has 0 aromatic rings. The number of ether oxygens (including phenoxy) is 1. The first-order valence-electron chi connectivity index (χ1n) is 3.72. The Bertz CT molecular complexity index is 218. The minimum Gasteiger partial charge on any atom is -0.480 e. The molecular formula is C8H14N2O. The lowest BCUT2D eigenvalue weighted by Gasteiger charge is -2.19. The van der Waals surface area contributed by atoms with Crippen molar-refractivity contribution in [1.29, 1.82) is 0 Å². The Morgan fingerprint density at radius 2 is 2.27 bits per heavy atom. The average molecular weight is 154 g/mol. The molecule has 0 fully saturated rings. The summed E-state index contributed by atoms with van der Waals surface area (Å²) in [5.74, 6) is 1.04. The normalized spacial score (nSPS) is 25.0. The van der Waals surface area contributed by atoms with E-state index < -0.39 is 0 Å². The molecule has 3 heteroatoms. The third-order valence-electron chi connectivity index (χ3n) is 2.10. The number of aliphatic imine (C=N–C) groups is 1. The standard InChI is InChI=1S/C8H14N2O/c1-5-4-10-8(11-3)7(9)6(5)2/h5H,4,9H2,1-3H3/t5-/m0/s1. The summed E-state index contributed by atoms with van der Waals surface area (Å²) >= 11 is 0. The molecule has 0 aromatic carbocycles. The minimum atomic E-state index is 0.453. The number of methoxy groups -OCH3 is 1. The van der Waals surface area contributed by atoms with Crippen LogP contribution in [0.5, 0.6) is 0 Å². The van der Waals surface area contributed by atoms with E-state index in [1.54, 1.807) is 7.11 Å². The van der Waals surface area contributed by atoms with Gasteiger partial charge >= 0.3 is 0 Å². The van der Waals surface area contributed by atoms with Crippen LogP contribution in [0.2, 0.25) is 0 Å². The highest BCUT2D eigenvalue weighted by Crippen LogP contribution is 2.18. The van der Waals surface area contributed by atoms with Crippen LogP contribution in [-0.4, -0.2) is 19.6 Å². The number of nitrogens with two attached hydrogens (primary N) is 1. The van der Waals surface area contributed by atoms with Gasteiger partial charge in [0.15, 0.2) is 0 Å². The van der Waals surface area contributed by atoms with Gasteiger partial charge in [0.05, 0.1) is 12.8 Å². The molecular weight excluding hydrogens is 140 g/mol. The maximum absolute atomic E-state index is 5.75. The highest BCUT2D eigenvalue weighted by molar-refractivity contribution is 5.93. The summed E-state index contributed by atoms with van der Waals surface area (Å²) < 4.78 is 4.99. The van der Waals surface area contributed by atoms with E-state index in [9.17, 15) is 0 Å². The average Bonchev–Trinajstić information content (AvgIpc) is 2.01. The van der Waals surface area contributed by atoms with Crippen molar-refractivity contribution in [2.24, 2.45) is 16.6 Å². The molecule has 0 spiro atoms. The van der Waals surface area contributed by atoms with Crippen molar-refractivity contribution >= 4 is 5.90 Å². The summed E-state index contributed by atoms with van der Waals surface area (Å²) in [5.41, 5.74) is 7.63. The van der Waals surface area contributed by atoms with Crippen LogP contribution >= 0.6 is 0 Å². The first kappa shape index (κ1) is 8.11. The monoisotopic (exact) mass is 154 g/mol. The fraction of sp³-hybridized carbons (Fsp3) is 0.625. The fourth-order valence-corrected chi connectivity index (χ4v) is 1.05. The Balaban J connectivity index is 2.90. The number of nitrogens with zero attached hydrogens (tertiary/aromatic N) is 1. The van der Waals surface area contributed by atoms with Crippen molar-refractivity contribution in [2.45, 2.75) is 13.8 Å². The zero-order chi connectivity index (χ0) is 8.43. The van der Waals surface area contributed by atoms with Gasteiger partial charge in [0, 0.05) is 6.54 Å². The molecule has 1 atom stereocenters. The lowest BCUT2D eigenvalue weighted by atomic mass is 9.99. The molecule has 1 aliphatic rings. The van der Waals surface area contributed by atoms with Gasteiger partial charge in [-0.1, -0.05) is 6.92 Å². The Kier molecular flexibility index (Phi) is 2.17. The maximum atomic E-state index is 5.75. The summed E-state index contributed by atoms with van der Waals surface area (Å²) in [5, 5.41) is 0. The number of rotatable bonds is 0. The molecule has 0 aliphatic carbocycles. The molecule has 2 N–H and O–H groups in total. The molecule has 1 aliphatic heterocycles. The van der Waals surface area contributed by atoms with Crippen molar-refractivity contribution in [1.82, 2.24) is 0 Å². The summed E-state index contributed by atoms with van der Waals surface area (Å²) in [6.07, 6.45) is 0. The zero-order valence-electron chi connectivity index (χ0n) is 7.22. The summed E-state index contributed by atoms with van der Waals surface area (Å²) in [6.45, 7) is 4.92. The van der Waals surface area contributed by atoms with Crippen LogP contribution in [0.4, 0.5) is 0 Å². The molecule has 0 bridgehead atoms. The van der Waals surface area contributed by atoms with E-state index in [0.717, 1.165) is 6.54 Å². The van der Waals surface area contributed by atoms with Gasteiger partial charge in [-0.2, -0.15) is 0 Å². The summed E-state index contributed by atoms with van der Waals surface area (Å²) in [4.78, 5) is 4.17. The van der Waals surface area contributed by atoms with Crippen LogP contribution in [0.1, 0.15) is 13.8 Å². The number of hydrogen-bond acceptors (Lipinski definition) is 3. The lowest BCUT2D eigenvalue weighted by Crippen LogP contribution is -2.24. The van der Waals surface area contributed by atoms with Crippen LogP contribution in [0, 0.1) is 5.92 Å². The minimum absolute atomic E-state index is 0.453. The second-order valence-corrected chi connectivity index (χ2v) is 2.85. The maximum Gasteiger partial charge on any atom is 0.232 e. The van der Waals surface area contributed by atoms with Crippen molar-refractivity contribution < 1.29 is 4.74 Å². The Morgan fingerprint density at radius 1 is 1.64 bits per heavy atom. The van der Waals surface area contributed by atoms with Gasteiger partial charge in [0.2, 0.25) is 5.90 Å². The molecule has 0 amide bonds. The molecule has 11 heavy (non-hydrogen) atoms. The third kappa shape index (κ3) is 1.37. The molecule has 0 aromatic heterocycles. The zero-order valence-corrected chi connectivity index (χ0v) is 7.22. The smallest absolute Gasteiger partial charge is 0.232 e. The van der Waals surface area contributed by atoms with Gasteiger partial charge in [-0.15, -0.1) is 0 Å². The van der Waals surface area contributed by atoms with Crippen LogP contribution < -0.4 is 5.73 Å². The van der Waals surface area contributed by atoms with Crippen LogP contribution in [-0.2, 0) is 4.74 Å². The van der Waals surface area contributed by atoms with Crippen LogP contribution in [0.25, 0.3) is 0 Å². The van der Waals surface area contributed by atoms with E-state index in [1.807, 2.05) is 6.92 Å². The highest BCUT2D eigenvalue weighted by atomic mass is 16.5. The molecule has 1 rings (SSSR count). The summed E-state index contributed by atoms with van der Waals surface area (Å²) in [7, 11) is 1.59.